The first-order valence-electron chi connectivity index (χ1n) is 6.81. The summed E-state index contributed by atoms with van der Waals surface area (Å²) in [6.45, 7) is 0. The lowest BCUT2D eigenvalue weighted by Crippen LogP contribution is -2.02. The number of hydrogen-bond acceptors (Lipinski definition) is 5. The normalized spacial score (nSPS) is 11.0. The number of hydrogen-bond donors (Lipinski definition) is 1. The fourth-order valence-corrected chi connectivity index (χ4v) is 3.84. The number of thiophene rings is 1. The van der Waals surface area contributed by atoms with Gasteiger partial charge in [0.25, 0.3) is 0 Å². The summed E-state index contributed by atoms with van der Waals surface area (Å²) in [7, 11) is 0. The number of anilines is 1. The molecule has 0 bridgehead atoms. The van der Waals surface area contributed by atoms with Gasteiger partial charge in [0.05, 0.1) is 28.0 Å². The average Bonchev–Trinajstić information content (AvgIpc) is 3.27. The van der Waals surface area contributed by atoms with E-state index in [1.54, 1.807) is 34.3 Å². The van der Waals surface area contributed by atoms with Gasteiger partial charge >= 0.3 is 0 Å². The third-order valence-electron chi connectivity index (χ3n) is 3.39. The van der Waals surface area contributed by atoms with Crippen LogP contribution in [0.2, 0.25) is 0 Å². The first kappa shape index (κ1) is 14.1. The summed E-state index contributed by atoms with van der Waals surface area (Å²) in [5.41, 5.74) is 8.64. The van der Waals surface area contributed by atoms with Crippen molar-refractivity contribution in [2.24, 2.45) is 0 Å². The Hall–Kier alpha value is -2.51. The Bertz CT molecular complexity index is 939. The van der Waals surface area contributed by atoms with Gasteiger partial charge in [-0.15, -0.1) is 22.7 Å². The summed E-state index contributed by atoms with van der Waals surface area (Å²) in [4.78, 5) is 5.76. The van der Waals surface area contributed by atoms with E-state index in [-0.39, 0.29) is 5.82 Å². The molecular weight excluding hydrogens is 331 g/mol. The highest BCUT2D eigenvalue weighted by Gasteiger charge is 2.15. The number of nitrogens with zero attached hydrogens (tertiary/aromatic N) is 3. The predicted molar refractivity (Wildman–Crippen MR) is 92.4 cm³/mol. The number of rotatable bonds is 3. The number of aromatic nitrogens is 3. The molecule has 0 saturated carbocycles. The van der Waals surface area contributed by atoms with Crippen molar-refractivity contribution in [2.45, 2.75) is 0 Å². The quantitative estimate of drug-likeness (QED) is 0.598. The van der Waals surface area contributed by atoms with Gasteiger partial charge in [-0.2, -0.15) is 5.10 Å². The molecule has 0 radical (unpaired) electrons. The third kappa shape index (κ3) is 2.54. The average molecular weight is 342 g/mol. The second kappa shape index (κ2) is 5.60. The summed E-state index contributed by atoms with van der Waals surface area (Å²) >= 11 is 3.18. The molecule has 0 aliphatic carbocycles. The zero-order chi connectivity index (χ0) is 15.8. The summed E-state index contributed by atoms with van der Waals surface area (Å²) in [6, 6.07) is 10.1. The van der Waals surface area contributed by atoms with Crippen LogP contribution in [0.5, 0.6) is 0 Å². The van der Waals surface area contributed by atoms with E-state index in [4.69, 9.17) is 5.73 Å². The van der Waals surface area contributed by atoms with Crippen LogP contribution in [-0.4, -0.2) is 14.8 Å². The van der Waals surface area contributed by atoms with Crippen molar-refractivity contribution in [3.63, 3.8) is 0 Å². The van der Waals surface area contributed by atoms with Gasteiger partial charge in [-0.25, -0.2) is 14.1 Å². The van der Waals surface area contributed by atoms with Gasteiger partial charge in [0.2, 0.25) is 0 Å². The van der Waals surface area contributed by atoms with E-state index in [0.29, 0.717) is 11.5 Å². The summed E-state index contributed by atoms with van der Waals surface area (Å²) in [5.74, 6) is 0.198. The van der Waals surface area contributed by atoms with Crippen LogP contribution in [0.4, 0.5) is 10.2 Å². The van der Waals surface area contributed by atoms with Gasteiger partial charge in [0.15, 0.2) is 0 Å². The van der Waals surface area contributed by atoms with E-state index >= 15 is 0 Å². The molecule has 0 aliphatic rings. The maximum Gasteiger partial charge on any atom is 0.137 e. The molecule has 3 heterocycles. The molecule has 114 valence electrons. The first-order chi connectivity index (χ1) is 11.2. The van der Waals surface area contributed by atoms with Crippen LogP contribution in [-0.2, 0) is 0 Å². The van der Waals surface area contributed by atoms with E-state index in [0.717, 1.165) is 21.1 Å². The van der Waals surface area contributed by atoms with Crippen molar-refractivity contribution >= 4 is 28.5 Å². The zero-order valence-corrected chi connectivity index (χ0v) is 13.4. The SMILES string of the molecule is Nc1c(-c2nc(-c3cccs3)cs2)cnn1-c1ccc(F)cc1. The molecule has 4 nitrogen and oxygen atoms in total. The van der Waals surface area contributed by atoms with Crippen molar-refractivity contribution in [2.75, 3.05) is 5.73 Å². The molecule has 0 aliphatic heterocycles. The minimum Gasteiger partial charge on any atom is -0.383 e. The van der Waals surface area contributed by atoms with Gasteiger partial charge in [0.1, 0.15) is 16.6 Å². The fraction of sp³-hybridized carbons (Fsp3) is 0. The molecule has 4 aromatic rings. The fourth-order valence-electron chi connectivity index (χ4n) is 2.25. The van der Waals surface area contributed by atoms with Gasteiger partial charge < -0.3 is 5.73 Å². The van der Waals surface area contributed by atoms with Gasteiger partial charge in [-0.05, 0) is 35.7 Å². The Morgan fingerprint density at radius 1 is 1.09 bits per heavy atom. The number of nitrogens with two attached hydrogens (primary N) is 1. The van der Waals surface area contributed by atoms with E-state index in [1.807, 2.05) is 22.9 Å². The van der Waals surface area contributed by atoms with Crippen LogP contribution in [0.15, 0.2) is 53.4 Å². The van der Waals surface area contributed by atoms with Gasteiger partial charge in [0, 0.05) is 5.38 Å². The van der Waals surface area contributed by atoms with Crippen LogP contribution in [0.25, 0.3) is 26.8 Å². The predicted octanol–water partition coefficient (Wildman–Crippen LogP) is 4.45. The monoisotopic (exact) mass is 342 g/mol. The Labute approximate surface area is 139 Å². The molecule has 4 rings (SSSR count). The second-order valence-electron chi connectivity index (χ2n) is 4.85. The molecule has 2 N–H and O–H groups in total. The van der Waals surface area contributed by atoms with Crippen LogP contribution in [0.3, 0.4) is 0 Å². The third-order valence-corrected chi connectivity index (χ3v) is 5.15. The van der Waals surface area contributed by atoms with E-state index in [1.165, 1.54) is 23.5 Å². The minimum absolute atomic E-state index is 0.291. The molecule has 23 heavy (non-hydrogen) atoms. The summed E-state index contributed by atoms with van der Waals surface area (Å²) < 4.78 is 14.6. The molecule has 1 aromatic carbocycles. The smallest absolute Gasteiger partial charge is 0.137 e. The molecule has 0 atom stereocenters. The Balaban J connectivity index is 1.72. The number of halogens is 1. The molecule has 7 heteroatoms. The number of nitrogen functional groups attached to an aromatic ring is 1. The van der Waals surface area contributed by atoms with Crippen molar-refractivity contribution in [1.82, 2.24) is 14.8 Å². The Kier molecular flexibility index (Phi) is 3.44. The van der Waals surface area contributed by atoms with E-state index in [2.05, 4.69) is 10.1 Å². The van der Waals surface area contributed by atoms with Crippen molar-refractivity contribution in [3.05, 3.63) is 59.2 Å². The van der Waals surface area contributed by atoms with Crippen molar-refractivity contribution < 1.29 is 4.39 Å². The maximum atomic E-state index is 13.0. The Morgan fingerprint density at radius 3 is 2.65 bits per heavy atom. The topological polar surface area (TPSA) is 56.7 Å². The summed E-state index contributed by atoms with van der Waals surface area (Å²) in [5, 5.41) is 9.15. The molecular formula is C16H11FN4S2. The van der Waals surface area contributed by atoms with Crippen molar-refractivity contribution in [3.8, 4) is 26.8 Å². The molecule has 3 aromatic heterocycles. The van der Waals surface area contributed by atoms with Crippen molar-refractivity contribution in [1.29, 1.82) is 0 Å². The highest BCUT2D eigenvalue weighted by Crippen LogP contribution is 2.34. The molecule has 0 unspecified atom stereocenters. The highest BCUT2D eigenvalue weighted by molar-refractivity contribution is 7.15. The van der Waals surface area contributed by atoms with Crippen LogP contribution in [0.1, 0.15) is 0 Å². The highest BCUT2D eigenvalue weighted by atomic mass is 32.1. The lowest BCUT2D eigenvalue weighted by atomic mass is 10.3. The first-order valence-corrected chi connectivity index (χ1v) is 8.57. The maximum absolute atomic E-state index is 13.0. The molecule has 0 fully saturated rings. The lowest BCUT2D eigenvalue weighted by Gasteiger charge is -2.04. The molecule has 0 amide bonds. The largest absolute Gasteiger partial charge is 0.383 e. The van der Waals surface area contributed by atoms with E-state index < -0.39 is 0 Å². The van der Waals surface area contributed by atoms with Gasteiger partial charge in [-0.1, -0.05) is 6.07 Å². The number of benzene rings is 1. The van der Waals surface area contributed by atoms with E-state index in [9.17, 15) is 4.39 Å². The lowest BCUT2D eigenvalue weighted by molar-refractivity contribution is 0.627. The summed E-state index contributed by atoms with van der Waals surface area (Å²) in [6.07, 6.45) is 1.69. The molecule has 0 saturated heterocycles. The second-order valence-corrected chi connectivity index (χ2v) is 6.65. The van der Waals surface area contributed by atoms with Crippen LogP contribution in [0, 0.1) is 5.82 Å². The minimum atomic E-state index is -0.291. The Morgan fingerprint density at radius 2 is 1.91 bits per heavy atom. The molecule has 0 spiro atoms. The van der Waals surface area contributed by atoms with Crippen LogP contribution >= 0.6 is 22.7 Å². The van der Waals surface area contributed by atoms with Gasteiger partial charge in [-0.3, -0.25) is 0 Å². The standard InChI is InChI=1S/C16H11FN4S2/c17-10-3-5-11(6-4-10)21-15(18)12(8-19-21)16-20-13(9-23-16)14-2-1-7-22-14/h1-9H,18H2. The zero-order valence-electron chi connectivity index (χ0n) is 11.8. The number of thiazole rings is 1. The van der Waals surface area contributed by atoms with Crippen LogP contribution < -0.4 is 5.73 Å².